The van der Waals surface area contributed by atoms with Crippen LogP contribution in [-0.2, 0) is 30.6 Å². The molecule has 1 unspecified atom stereocenters. The number of carbonyl (C=O) groups excluding carboxylic acids is 2. The molecule has 4 heterocycles. The molecule has 2 saturated carbocycles. The molecule has 1 amide bonds. The van der Waals surface area contributed by atoms with E-state index in [-0.39, 0.29) is 46.5 Å². The normalized spacial score (nSPS) is 25.1. The van der Waals surface area contributed by atoms with Crippen molar-refractivity contribution in [3.05, 3.63) is 75.6 Å². The van der Waals surface area contributed by atoms with Crippen molar-refractivity contribution in [3.63, 3.8) is 0 Å². The van der Waals surface area contributed by atoms with E-state index in [9.17, 15) is 19.5 Å². The first-order valence-corrected chi connectivity index (χ1v) is 25.7. The lowest BCUT2D eigenvalue weighted by Gasteiger charge is -2.45. The van der Waals surface area contributed by atoms with E-state index >= 15 is 0 Å². The SMILES string of the molecule is CC(C)(C)[Si](C)(C)OC(CNC[C@H]1CC[C@H](NC(=O)CCCc2cccc(C3(C(=O)O[C@H]4CN5CCC4CC5)CCCCC3)c2)CC1)c1ccc(O)c2[nH]c(=O)ccc12. The molecule has 2 atom stereocenters. The Morgan fingerprint density at radius 3 is 2.42 bits per heavy atom. The summed E-state index contributed by atoms with van der Waals surface area (Å²) in [6.45, 7) is 15.8. The van der Waals surface area contributed by atoms with Crippen molar-refractivity contribution >= 4 is 31.1 Å². The number of aromatic hydroxyl groups is 1. The number of hydrogen-bond acceptors (Lipinski definition) is 8. The summed E-state index contributed by atoms with van der Waals surface area (Å²) in [6, 6.07) is 15.7. The third-order valence-electron chi connectivity index (χ3n) is 14.8. The number of nitrogens with zero attached hydrogens (tertiary/aromatic N) is 1. The van der Waals surface area contributed by atoms with Gasteiger partial charge in [-0.3, -0.25) is 19.3 Å². The van der Waals surface area contributed by atoms with E-state index in [1.165, 1.54) is 18.1 Å². The molecule has 2 aromatic carbocycles. The number of phenolic OH excluding ortho intramolecular Hbond substituents is 1. The molecule has 0 spiro atoms. The summed E-state index contributed by atoms with van der Waals surface area (Å²) in [5.41, 5.74) is 2.88. The topological polar surface area (TPSA) is 133 Å². The molecule has 3 aliphatic heterocycles. The van der Waals surface area contributed by atoms with E-state index in [0.29, 0.717) is 30.3 Å². The first-order chi connectivity index (χ1) is 28.2. The number of aryl methyl sites for hydroxylation is 1. The van der Waals surface area contributed by atoms with Gasteiger partial charge in [-0.05, 0) is 143 Å². The number of H-pyrrole nitrogens is 1. The summed E-state index contributed by atoms with van der Waals surface area (Å²) < 4.78 is 13.4. The molecule has 3 aromatic rings. The van der Waals surface area contributed by atoms with Gasteiger partial charge in [0.05, 0.1) is 17.0 Å². The molecule has 1 aromatic heterocycles. The van der Waals surface area contributed by atoms with Gasteiger partial charge in [0.1, 0.15) is 11.9 Å². The minimum absolute atomic E-state index is 0.0137. The smallest absolute Gasteiger partial charge is 0.316 e. The second-order valence-electron chi connectivity index (χ2n) is 19.9. The van der Waals surface area contributed by atoms with E-state index in [2.05, 4.69) is 78.6 Å². The number of fused-ring (bicyclic) bond motifs is 4. The number of benzene rings is 2. The molecule has 4 N–H and O–H groups in total. The van der Waals surface area contributed by atoms with Crippen molar-refractivity contribution in [1.82, 2.24) is 20.5 Å². The fourth-order valence-electron chi connectivity index (χ4n) is 10.1. The van der Waals surface area contributed by atoms with E-state index in [4.69, 9.17) is 9.16 Å². The maximum Gasteiger partial charge on any atom is 0.316 e. The fraction of sp³-hybridized carbons (Fsp3) is 0.646. The third kappa shape index (κ3) is 10.3. The van der Waals surface area contributed by atoms with Crippen LogP contribution in [0.15, 0.2) is 53.3 Å². The summed E-state index contributed by atoms with van der Waals surface area (Å²) in [4.78, 5) is 44.5. The zero-order valence-electron chi connectivity index (χ0n) is 36.4. The Labute approximate surface area is 352 Å². The van der Waals surface area contributed by atoms with Crippen LogP contribution in [0.5, 0.6) is 5.75 Å². The van der Waals surface area contributed by atoms with Gasteiger partial charge in [0.25, 0.3) is 0 Å². The maximum atomic E-state index is 14.0. The second-order valence-corrected chi connectivity index (χ2v) is 24.6. The first kappa shape index (κ1) is 43.6. The first-order valence-electron chi connectivity index (χ1n) is 22.8. The zero-order chi connectivity index (χ0) is 41.8. The molecule has 59 heavy (non-hydrogen) atoms. The Bertz CT molecular complexity index is 1970. The van der Waals surface area contributed by atoms with E-state index < -0.39 is 13.7 Å². The number of pyridine rings is 1. The van der Waals surface area contributed by atoms with Crippen LogP contribution < -0.4 is 16.2 Å². The molecule has 0 radical (unpaired) electrons. The highest BCUT2D eigenvalue weighted by Crippen LogP contribution is 2.43. The fourth-order valence-corrected chi connectivity index (χ4v) is 11.3. The Morgan fingerprint density at radius 1 is 0.983 bits per heavy atom. The van der Waals surface area contributed by atoms with Crippen LogP contribution in [0.2, 0.25) is 18.1 Å². The number of hydrogen-bond donors (Lipinski definition) is 4. The zero-order valence-corrected chi connectivity index (χ0v) is 37.4. The second kappa shape index (κ2) is 18.6. The van der Waals surface area contributed by atoms with Crippen LogP contribution in [0.3, 0.4) is 0 Å². The van der Waals surface area contributed by atoms with Gasteiger partial charge in [-0.15, -0.1) is 0 Å². The van der Waals surface area contributed by atoms with E-state index in [1.54, 1.807) is 12.1 Å². The van der Waals surface area contributed by atoms with E-state index in [0.717, 1.165) is 120 Å². The number of rotatable bonds is 15. The van der Waals surface area contributed by atoms with Crippen molar-refractivity contribution in [2.24, 2.45) is 11.8 Å². The molecule has 2 bridgehead atoms. The number of ether oxygens (including phenoxy) is 1. The molecule has 2 aliphatic carbocycles. The van der Waals surface area contributed by atoms with Crippen molar-refractivity contribution in [2.45, 2.75) is 152 Å². The lowest BCUT2D eigenvalue weighted by Crippen LogP contribution is -2.53. The number of amides is 1. The summed E-state index contributed by atoms with van der Waals surface area (Å²) >= 11 is 0. The van der Waals surface area contributed by atoms with Gasteiger partial charge < -0.3 is 29.9 Å². The van der Waals surface area contributed by atoms with Gasteiger partial charge in [0.2, 0.25) is 11.5 Å². The predicted octanol–water partition coefficient (Wildman–Crippen LogP) is 8.42. The van der Waals surface area contributed by atoms with Crippen LogP contribution in [0.4, 0.5) is 0 Å². The molecule has 11 heteroatoms. The number of esters is 1. The van der Waals surface area contributed by atoms with Gasteiger partial charge in [-0.2, -0.15) is 0 Å². The third-order valence-corrected chi connectivity index (χ3v) is 19.3. The number of phenols is 1. The van der Waals surface area contributed by atoms with Crippen LogP contribution in [-0.4, -0.2) is 80.1 Å². The molecule has 10 nitrogen and oxygen atoms in total. The molecule has 322 valence electrons. The van der Waals surface area contributed by atoms with Crippen molar-refractivity contribution in [1.29, 1.82) is 0 Å². The summed E-state index contributed by atoms with van der Waals surface area (Å²) in [5, 5.41) is 18.4. The van der Waals surface area contributed by atoms with Gasteiger partial charge in [0.15, 0.2) is 8.32 Å². The Kier molecular flexibility index (Phi) is 13.8. The minimum Gasteiger partial charge on any atom is -0.506 e. The average molecular weight is 827 g/mol. The maximum absolute atomic E-state index is 14.0. The summed E-state index contributed by atoms with van der Waals surface area (Å²) in [5.74, 6) is 1.18. The number of piperidine rings is 3. The Morgan fingerprint density at radius 2 is 1.73 bits per heavy atom. The van der Waals surface area contributed by atoms with Gasteiger partial charge in [-0.25, -0.2) is 0 Å². The molecule has 5 fully saturated rings. The van der Waals surface area contributed by atoms with Gasteiger partial charge in [0, 0.05) is 37.0 Å². The van der Waals surface area contributed by atoms with Crippen molar-refractivity contribution in [2.75, 3.05) is 32.7 Å². The van der Waals surface area contributed by atoms with Crippen LogP contribution >= 0.6 is 0 Å². The monoisotopic (exact) mass is 827 g/mol. The van der Waals surface area contributed by atoms with E-state index in [1.807, 2.05) is 6.07 Å². The lowest BCUT2D eigenvalue weighted by molar-refractivity contribution is -0.167. The van der Waals surface area contributed by atoms with Crippen molar-refractivity contribution in [3.8, 4) is 5.75 Å². The molecule has 5 aliphatic rings. The highest BCUT2D eigenvalue weighted by molar-refractivity contribution is 6.74. The number of aromatic amines is 1. The largest absolute Gasteiger partial charge is 0.506 e. The predicted molar refractivity (Wildman–Crippen MR) is 237 cm³/mol. The molecule has 8 rings (SSSR count). The van der Waals surface area contributed by atoms with Crippen LogP contribution in [0.25, 0.3) is 10.9 Å². The number of carbonyl (C=O) groups is 2. The summed E-state index contributed by atoms with van der Waals surface area (Å²) in [7, 11) is -2.17. The van der Waals surface area contributed by atoms with Crippen LogP contribution in [0.1, 0.15) is 127 Å². The lowest BCUT2D eigenvalue weighted by atomic mass is 9.69. The minimum atomic E-state index is -2.17. The summed E-state index contributed by atoms with van der Waals surface area (Å²) in [6.07, 6.45) is 13.1. The molecule has 3 saturated heterocycles. The quantitative estimate of drug-likeness (QED) is 0.0888. The van der Waals surface area contributed by atoms with Gasteiger partial charge in [-0.1, -0.05) is 70.4 Å². The van der Waals surface area contributed by atoms with Crippen LogP contribution in [0, 0.1) is 11.8 Å². The number of aromatic nitrogens is 1. The molecular formula is C48H70N4O6Si. The Hall–Kier alpha value is -3.51. The molecular weight excluding hydrogens is 757 g/mol. The number of nitrogens with one attached hydrogen (secondary N) is 3. The standard InChI is InChI=1S/C48H70N4O6Si/c1-47(2,3)59(4,5)58-41(38-19-21-40(53)45-39(38)20-22-44(55)51-45)31-49-30-34-15-17-37(18-16-34)50-43(54)14-10-12-33-11-9-13-36(29-33)48(25-7-6-8-26-48)46(56)57-42-32-52-27-23-35(42)24-28-52/h9,11,13,19-22,29,34-35,37,41-42,49,53H,6-8,10,12,14-18,23-28,30-32H2,1-5H3,(H,50,54)(H,51,55)/t34-,37-,41?,42-/m0/s1. The van der Waals surface area contributed by atoms with Gasteiger partial charge >= 0.3 is 5.97 Å². The highest BCUT2D eigenvalue weighted by Gasteiger charge is 2.46. The average Bonchev–Trinajstić information content (AvgIpc) is 3.22. The highest BCUT2D eigenvalue weighted by atomic mass is 28.4. The van der Waals surface area contributed by atoms with Crippen molar-refractivity contribution < 1.29 is 23.9 Å². The Balaban J connectivity index is 0.874.